The summed E-state index contributed by atoms with van der Waals surface area (Å²) in [6.45, 7) is 6.53. The van der Waals surface area contributed by atoms with Gasteiger partial charge in [-0.15, -0.1) is 0 Å². The van der Waals surface area contributed by atoms with Crippen molar-refractivity contribution in [3.05, 3.63) is 35.4 Å². The topological polar surface area (TPSA) is 37.4 Å². The molecule has 0 N–H and O–H groups in total. The van der Waals surface area contributed by atoms with E-state index < -0.39 is 10.0 Å². The predicted molar refractivity (Wildman–Crippen MR) is 66.7 cm³/mol. The van der Waals surface area contributed by atoms with Crippen LogP contribution in [0.3, 0.4) is 0 Å². The highest BCUT2D eigenvalue weighted by Crippen LogP contribution is 2.13. The average Bonchev–Trinajstić information content (AvgIpc) is 2.27. The van der Waals surface area contributed by atoms with Crippen LogP contribution in [0.2, 0.25) is 0 Å². The van der Waals surface area contributed by atoms with E-state index in [-0.39, 0.29) is 5.75 Å². The first-order valence-corrected chi connectivity index (χ1v) is 7.14. The normalized spacial score (nSPS) is 12.0. The third kappa shape index (κ3) is 3.06. The fourth-order valence-corrected chi connectivity index (χ4v) is 2.66. The van der Waals surface area contributed by atoms with E-state index in [1.54, 1.807) is 6.92 Å². The van der Waals surface area contributed by atoms with Gasteiger partial charge in [-0.25, -0.2) is 8.42 Å². The Labute approximate surface area is 98.1 Å². The molecule has 1 aromatic rings. The highest BCUT2D eigenvalue weighted by molar-refractivity contribution is 7.89. The Morgan fingerprint density at radius 2 is 1.81 bits per heavy atom. The summed E-state index contributed by atoms with van der Waals surface area (Å²) in [5.74, 6) is 0.159. The van der Waals surface area contributed by atoms with Crippen molar-refractivity contribution in [1.29, 1.82) is 0 Å². The Hall–Kier alpha value is -0.870. The second kappa shape index (κ2) is 5.46. The fraction of sp³-hybridized carbons (Fsp3) is 0.500. The second-order valence-corrected chi connectivity index (χ2v) is 6.01. The van der Waals surface area contributed by atoms with E-state index in [2.05, 4.69) is 0 Å². The van der Waals surface area contributed by atoms with Crippen LogP contribution in [0, 0.1) is 6.92 Å². The zero-order chi connectivity index (χ0) is 12.2. The molecule has 0 aliphatic carbocycles. The van der Waals surface area contributed by atoms with Crippen LogP contribution in [0.5, 0.6) is 0 Å². The van der Waals surface area contributed by atoms with Crippen molar-refractivity contribution in [2.45, 2.75) is 27.3 Å². The van der Waals surface area contributed by atoms with Gasteiger partial charge in [-0.05, 0) is 25.0 Å². The Kier molecular flexibility index (Phi) is 4.50. The van der Waals surface area contributed by atoms with Gasteiger partial charge in [0.1, 0.15) is 0 Å². The van der Waals surface area contributed by atoms with Gasteiger partial charge in [-0.1, -0.05) is 31.2 Å². The summed E-state index contributed by atoms with van der Waals surface area (Å²) in [7, 11) is -3.09. The lowest BCUT2D eigenvalue weighted by Gasteiger charge is -2.20. The Morgan fingerprint density at radius 1 is 1.19 bits per heavy atom. The van der Waals surface area contributed by atoms with Gasteiger partial charge in [-0.2, -0.15) is 4.31 Å². The number of benzene rings is 1. The lowest BCUT2D eigenvalue weighted by molar-refractivity contribution is 0.423. The van der Waals surface area contributed by atoms with Crippen molar-refractivity contribution >= 4 is 10.0 Å². The minimum absolute atomic E-state index is 0.159. The summed E-state index contributed by atoms with van der Waals surface area (Å²) >= 11 is 0. The van der Waals surface area contributed by atoms with Gasteiger partial charge in [0.25, 0.3) is 0 Å². The molecule has 1 rings (SSSR count). The molecule has 3 nitrogen and oxygen atoms in total. The van der Waals surface area contributed by atoms with Crippen molar-refractivity contribution in [2.24, 2.45) is 0 Å². The van der Waals surface area contributed by atoms with Crippen LogP contribution in [0.1, 0.15) is 25.0 Å². The fourth-order valence-electron chi connectivity index (χ4n) is 1.57. The monoisotopic (exact) mass is 241 g/mol. The van der Waals surface area contributed by atoms with Crippen LogP contribution in [0.15, 0.2) is 24.3 Å². The highest BCUT2D eigenvalue weighted by atomic mass is 32.2. The lowest BCUT2D eigenvalue weighted by Crippen LogP contribution is -2.31. The maximum atomic E-state index is 11.8. The molecule has 0 heterocycles. The van der Waals surface area contributed by atoms with E-state index in [0.29, 0.717) is 13.1 Å². The molecule has 0 saturated heterocycles. The maximum absolute atomic E-state index is 11.8. The summed E-state index contributed by atoms with van der Waals surface area (Å²) in [6, 6.07) is 7.88. The zero-order valence-corrected chi connectivity index (χ0v) is 10.9. The van der Waals surface area contributed by atoms with Gasteiger partial charge >= 0.3 is 0 Å². The third-order valence-electron chi connectivity index (χ3n) is 2.72. The maximum Gasteiger partial charge on any atom is 0.214 e. The minimum Gasteiger partial charge on any atom is -0.212 e. The number of sulfonamides is 1. The molecule has 0 radical (unpaired) electrons. The molecule has 0 aliphatic heterocycles. The van der Waals surface area contributed by atoms with E-state index >= 15 is 0 Å². The van der Waals surface area contributed by atoms with Gasteiger partial charge in [0, 0.05) is 13.1 Å². The van der Waals surface area contributed by atoms with E-state index in [1.165, 1.54) is 4.31 Å². The van der Waals surface area contributed by atoms with E-state index in [0.717, 1.165) is 11.1 Å². The Morgan fingerprint density at radius 3 is 2.31 bits per heavy atom. The van der Waals surface area contributed by atoms with E-state index in [4.69, 9.17) is 0 Å². The summed E-state index contributed by atoms with van der Waals surface area (Å²) in [5, 5.41) is 0. The molecule has 0 saturated carbocycles. The minimum atomic E-state index is -3.09. The van der Waals surface area contributed by atoms with Crippen molar-refractivity contribution < 1.29 is 8.42 Å². The number of aryl methyl sites for hydroxylation is 1. The number of nitrogens with zero attached hydrogens (tertiary/aromatic N) is 1. The molecular weight excluding hydrogens is 222 g/mol. The molecule has 1 aromatic carbocycles. The standard InChI is InChI=1S/C12H19NO2S/c1-4-13(16(14,15)5-2)10-12-9-7-6-8-11(12)3/h6-9H,4-5,10H2,1-3H3. The van der Waals surface area contributed by atoms with Gasteiger partial charge in [-0.3, -0.25) is 0 Å². The molecular formula is C12H19NO2S. The Bertz CT molecular complexity index is 440. The van der Waals surface area contributed by atoms with Crippen molar-refractivity contribution in [3.63, 3.8) is 0 Å². The average molecular weight is 241 g/mol. The smallest absolute Gasteiger partial charge is 0.212 e. The highest BCUT2D eigenvalue weighted by Gasteiger charge is 2.18. The molecule has 0 unspecified atom stereocenters. The van der Waals surface area contributed by atoms with Gasteiger partial charge < -0.3 is 0 Å². The summed E-state index contributed by atoms with van der Waals surface area (Å²) in [5.41, 5.74) is 2.20. The molecule has 0 bridgehead atoms. The molecule has 0 aliphatic rings. The van der Waals surface area contributed by atoms with Crippen LogP contribution in [0.4, 0.5) is 0 Å². The van der Waals surface area contributed by atoms with Crippen molar-refractivity contribution in [1.82, 2.24) is 4.31 Å². The van der Waals surface area contributed by atoms with E-state index in [9.17, 15) is 8.42 Å². The molecule has 0 amide bonds. The zero-order valence-electron chi connectivity index (χ0n) is 10.1. The molecule has 0 aromatic heterocycles. The number of rotatable bonds is 5. The first-order chi connectivity index (χ1) is 7.51. The molecule has 0 atom stereocenters. The first kappa shape index (κ1) is 13.2. The molecule has 0 fully saturated rings. The van der Waals surface area contributed by atoms with Gasteiger partial charge in [0.15, 0.2) is 0 Å². The van der Waals surface area contributed by atoms with Crippen LogP contribution >= 0.6 is 0 Å². The first-order valence-electron chi connectivity index (χ1n) is 5.53. The van der Waals surface area contributed by atoms with Gasteiger partial charge in [0.2, 0.25) is 10.0 Å². The van der Waals surface area contributed by atoms with Gasteiger partial charge in [0.05, 0.1) is 5.75 Å². The second-order valence-electron chi connectivity index (χ2n) is 3.75. The largest absolute Gasteiger partial charge is 0.214 e. The number of hydrogen-bond donors (Lipinski definition) is 0. The third-order valence-corrected chi connectivity index (χ3v) is 4.62. The molecule has 90 valence electrons. The molecule has 16 heavy (non-hydrogen) atoms. The van der Waals surface area contributed by atoms with E-state index in [1.807, 2.05) is 38.1 Å². The van der Waals surface area contributed by atoms with Crippen LogP contribution in [0.25, 0.3) is 0 Å². The predicted octanol–water partition coefficient (Wildman–Crippen LogP) is 2.17. The SMILES string of the molecule is CCN(Cc1ccccc1C)S(=O)(=O)CC. The van der Waals surface area contributed by atoms with Crippen LogP contribution < -0.4 is 0 Å². The van der Waals surface area contributed by atoms with Crippen molar-refractivity contribution in [2.75, 3.05) is 12.3 Å². The number of hydrogen-bond acceptors (Lipinski definition) is 2. The Balaban J connectivity index is 2.91. The lowest BCUT2D eigenvalue weighted by atomic mass is 10.1. The summed E-state index contributed by atoms with van der Waals surface area (Å²) in [6.07, 6.45) is 0. The molecule has 0 spiro atoms. The van der Waals surface area contributed by atoms with Crippen LogP contribution in [-0.4, -0.2) is 25.0 Å². The van der Waals surface area contributed by atoms with Crippen molar-refractivity contribution in [3.8, 4) is 0 Å². The quantitative estimate of drug-likeness (QED) is 0.792. The summed E-state index contributed by atoms with van der Waals surface area (Å²) in [4.78, 5) is 0. The summed E-state index contributed by atoms with van der Waals surface area (Å²) < 4.78 is 25.1. The molecule has 4 heteroatoms. The van der Waals surface area contributed by atoms with Crippen LogP contribution in [-0.2, 0) is 16.6 Å².